The number of carbonyl (C=O) groups excluding carboxylic acids is 1. The Morgan fingerprint density at radius 2 is 1.80 bits per heavy atom. The van der Waals surface area contributed by atoms with Crippen molar-refractivity contribution in [2.24, 2.45) is 4.99 Å². The molecular formula is C17H28ClIN4O2. The molecular weight excluding hydrogens is 455 g/mol. The first kappa shape index (κ1) is 23.8. The molecule has 0 bridgehead atoms. The molecule has 0 aromatic heterocycles. The topological polar surface area (TPSA) is 74.8 Å². The van der Waals surface area contributed by atoms with E-state index in [-0.39, 0.29) is 24.0 Å². The molecule has 25 heavy (non-hydrogen) atoms. The van der Waals surface area contributed by atoms with Crippen LogP contribution in [-0.2, 0) is 11.3 Å². The van der Waals surface area contributed by atoms with Crippen LogP contribution in [0.5, 0.6) is 0 Å². The molecule has 3 N–H and O–H groups in total. The van der Waals surface area contributed by atoms with E-state index in [9.17, 15) is 4.79 Å². The lowest BCUT2D eigenvalue weighted by atomic mass is 10.2. The zero-order valence-corrected chi connectivity index (χ0v) is 18.3. The van der Waals surface area contributed by atoms with Crippen molar-refractivity contribution in [2.75, 3.05) is 19.6 Å². The highest BCUT2D eigenvalue weighted by atomic mass is 127. The minimum atomic E-state index is -0.497. The lowest BCUT2D eigenvalue weighted by Gasteiger charge is -2.19. The molecule has 1 aromatic rings. The van der Waals surface area contributed by atoms with Gasteiger partial charge in [-0.1, -0.05) is 29.8 Å². The monoisotopic (exact) mass is 482 g/mol. The van der Waals surface area contributed by atoms with Gasteiger partial charge in [0.15, 0.2) is 5.96 Å². The van der Waals surface area contributed by atoms with Gasteiger partial charge in [-0.2, -0.15) is 0 Å². The normalized spacial score (nSPS) is 11.3. The molecule has 0 aliphatic carbocycles. The van der Waals surface area contributed by atoms with Crippen molar-refractivity contribution in [3.8, 4) is 0 Å². The number of aliphatic imine (C=N–C) groups is 1. The van der Waals surface area contributed by atoms with E-state index in [0.29, 0.717) is 30.6 Å². The van der Waals surface area contributed by atoms with Crippen LogP contribution in [0.2, 0.25) is 5.02 Å². The summed E-state index contributed by atoms with van der Waals surface area (Å²) in [5, 5.41) is 9.69. The molecule has 0 saturated carbocycles. The number of ether oxygens (including phenoxy) is 1. The van der Waals surface area contributed by atoms with Crippen LogP contribution in [0, 0.1) is 0 Å². The second kappa shape index (κ2) is 12.2. The second-order valence-electron chi connectivity index (χ2n) is 6.14. The van der Waals surface area contributed by atoms with E-state index in [1.54, 1.807) is 0 Å². The van der Waals surface area contributed by atoms with Crippen LogP contribution in [0.25, 0.3) is 0 Å². The maximum atomic E-state index is 11.6. The molecule has 8 heteroatoms. The molecule has 0 fully saturated rings. The number of hydrogen-bond donors (Lipinski definition) is 3. The van der Waals surface area contributed by atoms with Crippen molar-refractivity contribution >= 4 is 47.6 Å². The number of guanidine groups is 1. The van der Waals surface area contributed by atoms with E-state index in [1.807, 2.05) is 52.0 Å². The highest BCUT2D eigenvalue weighted by Crippen LogP contribution is 2.15. The molecule has 0 aliphatic heterocycles. The van der Waals surface area contributed by atoms with Crippen molar-refractivity contribution in [1.29, 1.82) is 0 Å². The summed E-state index contributed by atoms with van der Waals surface area (Å²) in [5.41, 5.74) is 0.464. The Balaban J connectivity index is 0.00000576. The van der Waals surface area contributed by atoms with Gasteiger partial charge >= 0.3 is 6.09 Å². The van der Waals surface area contributed by atoms with Crippen LogP contribution in [0.3, 0.4) is 0 Å². The molecule has 0 unspecified atom stereocenters. The lowest BCUT2D eigenvalue weighted by Crippen LogP contribution is -2.42. The number of halogens is 2. The summed E-state index contributed by atoms with van der Waals surface area (Å²) < 4.78 is 5.17. The molecule has 0 radical (unpaired) electrons. The quantitative estimate of drug-likeness (QED) is 0.251. The number of carbonyl (C=O) groups is 1. The number of amides is 1. The van der Waals surface area contributed by atoms with Crippen molar-refractivity contribution in [3.63, 3.8) is 0 Å². The van der Waals surface area contributed by atoms with Gasteiger partial charge < -0.3 is 20.7 Å². The van der Waals surface area contributed by atoms with Crippen LogP contribution in [0.1, 0.15) is 33.3 Å². The number of benzene rings is 1. The van der Waals surface area contributed by atoms with Crippen LogP contribution >= 0.6 is 35.6 Å². The summed E-state index contributed by atoms with van der Waals surface area (Å²) in [6.07, 6.45) is -0.428. The number of nitrogens with one attached hydrogen (secondary N) is 3. The highest BCUT2D eigenvalue weighted by Gasteiger charge is 2.15. The molecule has 1 amide bonds. The minimum absolute atomic E-state index is 0. The smallest absolute Gasteiger partial charge is 0.407 e. The highest BCUT2D eigenvalue weighted by molar-refractivity contribution is 14.0. The summed E-state index contributed by atoms with van der Waals surface area (Å²) in [7, 11) is 0. The molecule has 6 nitrogen and oxygen atoms in total. The predicted molar refractivity (Wildman–Crippen MR) is 114 cm³/mol. The average Bonchev–Trinajstić information content (AvgIpc) is 2.48. The largest absolute Gasteiger partial charge is 0.444 e. The van der Waals surface area contributed by atoms with E-state index in [0.717, 1.165) is 12.1 Å². The summed E-state index contributed by atoms with van der Waals surface area (Å²) in [6, 6.07) is 7.61. The summed E-state index contributed by atoms with van der Waals surface area (Å²) >= 11 is 6.13. The maximum absolute atomic E-state index is 11.6. The van der Waals surface area contributed by atoms with Gasteiger partial charge in [0.05, 0.1) is 6.54 Å². The fraction of sp³-hybridized carbons (Fsp3) is 0.529. The van der Waals surface area contributed by atoms with Gasteiger partial charge in [-0.25, -0.2) is 9.79 Å². The number of nitrogens with zero attached hydrogens (tertiary/aromatic N) is 1. The third kappa shape index (κ3) is 11.1. The van der Waals surface area contributed by atoms with Gasteiger partial charge in [0.1, 0.15) is 5.60 Å². The first-order valence-corrected chi connectivity index (χ1v) is 8.42. The third-order valence-electron chi connectivity index (χ3n) is 2.80. The first-order valence-electron chi connectivity index (χ1n) is 8.04. The van der Waals surface area contributed by atoms with Crippen LogP contribution < -0.4 is 16.0 Å². The van der Waals surface area contributed by atoms with Crippen LogP contribution in [-0.4, -0.2) is 37.3 Å². The molecule has 142 valence electrons. The Bertz CT molecular complexity index is 562. The van der Waals surface area contributed by atoms with Crippen molar-refractivity contribution in [3.05, 3.63) is 34.9 Å². The molecule has 0 spiro atoms. The lowest BCUT2D eigenvalue weighted by molar-refractivity contribution is 0.0529. The standard InChI is InChI=1S/C17H27ClN4O2.HI/c1-5-19-15(22-12-13-8-6-7-9-14(13)18)20-10-11-21-16(23)24-17(2,3)4;/h6-9H,5,10-12H2,1-4H3,(H,21,23)(H2,19,20,22);1H. The minimum Gasteiger partial charge on any atom is -0.444 e. The van der Waals surface area contributed by atoms with Crippen LogP contribution in [0.15, 0.2) is 29.3 Å². The van der Waals surface area contributed by atoms with Gasteiger partial charge in [0, 0.05) is 24.7 Å². The fourth-order valence-electron chi connectivity index (χ4n) is 1.79. The van der Waals surface area contributed by atoms with E-state index < -0.39 is 11.7 Å². The molecule has 0 saturated heterocycles. The average molecular weight is 483 g/mol. The maximum Gasteiger partial charge on any atom is 0.407 e. The zero-order chi connectivity index (χ0) is 18.0. The summed E-state index contributed by atoms with van der Waals surface area (Å²) in [5.74, 6) is 0.670. The van der Waals surface area contributed by atoms with E-state index in [4.69, 9.17) is 16.3 Å². The van der Waals surface area contributed by atoms with Crippen LogP contribution in [0.4, 0.5) is 4.79 Å². The molecule has 0 heterocycles. The van der Waals surface area contributed by atoms with Gasteiger partial charge in [0.2, 0.25) is 0 Å². The van der Waals surface area contributed by atoms with Crippen molar-refractivity contribution in [2.45, 2.75) is 39.8 Å². The summed E-state index contributed by atoms with van der Waals surface area (Å²) in [6.45, 7) is 9.67. The van der Waals surface area contributed by atoms with Gasteiger partial charge in [0.25, 0.3) is 0 Å². The predicted octanol–water partition coefficient (Wildman–Crippen LogP) is 3.54. The SMILES string of the molecule is CCNC(=NCc1ccccc1Cl)NCCNC(=O)OC(C)(C)C.I. The van der Waals surface area contributed by atoms with Gasteiger partial charge in [-0.15, -0.1) is 24.0 Å². The number of hydrogen-bond acceptors (Lipinski definition) is 3. The van der Waals surface area contributed by atoms with E-state index >= 15 is 0 Å². The Morgan fingerprint density at radius 3 is 2.40 bits per heavy atom. The Labute approximate surface area is 172 Å². The van der Waals surface area contributed by atoms with E-state index in [2.05, 4.69) is 20.9 Å². The Morgan fingerprint density at radius 1 is 1.16 bits per heavy atom. The first-order chi connectivity index (χ1) is 11.3. The van der Waals surface area contributed by atoms with Crippen molar-refractivity contribution < 1.29 is 9.53 Å². The second-order valence-corrected chi connectivity index (χ2v) is 6.55. The molecule has 1 aromatic carbocycles. The van der Waals surface area contributed by atoms with Gasteiger partial charge in [-0.05, 0) is 39.3 Å². The summed E-state index contributed by atoms with van der Waals surface area (Å²) in [4.78, 5) is 16.0. The Kier molecular flexibility index (Phi) is 11.6. The van der Waals surface area contributed by atoms with E-state index in [1.165, 1.54) is 0 Å². The molecule has 0 aliphatic rings. The number of alkyl carbamates (subject to hydrolysis) is 1. The Hall–Kier alpha value is -1.22. The fourth-order valence-corrected chi connectivity index (χ4v) is 1.99. The molecule has 0 atom stereocenters. The zero-order valence-electron chi connectivity index (χ0n) is 15.2. The molecule has 1 rings (SSSR count). The third-order valence-corrected chi connectivity index (χ3v) is 3.16. The van der Waals surface area contributed by atoms with Crippen molar-refractivity contribution in [1.82, 2.24) is 16.0 Å². The number of rotatable bonds is 6. The van der Waals surface area contributed by atoms with Gasteiger partial charge in [-0.3, -0.25) is 0 Å².